The molecule has 0 aliphatic rings. The van der Waals surface area contributed by atoms with Gasteiger partial charge in [-0.3, -0.25) is 4.79 Å². The highest BCUT2D eigenvalue weighted by molar-refractivity contribution is 5.93. The standard InChI is InChI=1S/C21H22N2O4/c1-15-7-9-17(10-8-15)20(26-12-11-24)14-22-21(25)18-13-19(27-23-18)16-5-3-2-4-6-16/h2-10,13,20,24H,11-12,14H2,1H3,(H,22,25). The van der Waals surface area contributed by atoms with Crippen LogP contribution in [0.25, 0.3) is 11.3 Å². The van der Waals surface area contributed by atoms with Crippen molar-refractivity contribution in [1.29, 1.82) is 0 Å². The third kappa shape index (κ3) is 5.03. The second kappa shape index (κ2) is 9.12. The molecule has 0 saturated carbocycles. The Bertz CT molecular complexity index is 859. The maximum Gasteiger partial charge on any atom is 0.273 e. The van der Waals surface area contributed by atoms with Crippen LogP contribution in [0.3, 0.4) is 0 Å². The van der Waals surface area contributed by atoms with E-state index in [-0.39, 0.29) is 37.5 Å². The van der Waals surface area contributed by atoms with Crippen molar-refractivity contribution in [2.45, 2.75) is 13.0 Å². The summed E-state index contributed by atoms with van der Waals surface area (Å²) in [6.45, 7) is 2.37. The molecule has 140 valence electrons. The highest BCUT2D eigenvalue weighted by Gasteiger charge is 2.17. The smallest absolute Gasteiger partial charge is 0.273 e. The number of ether oxygens (including phenoxy) is 1. The molecule has 0 saturated heterocycles. The van der Waals surface area contributed by atoms with Gasteiger partial charge in [0.15, 0.2) is 11.5 Å². The number of amides is 1. The van der Waals surface area contributed by atoms with Crippen LogP contribution in [0.5, 0.6) is 0 Å². The number of aromatic nitrogens is 1. The number of aliphatic hydroxyl groups excluding tert-OH is 1. The number of aliphatic hydroxyl groups is 1. The fraction of sp³-hybridized carbons (Fsp3) is 0.238. The minimum atomic E-state index is -0.359. The monoisotopic (exact) mass is 366 g/mol. The highest BCUT2D eigenvalue weighted by Crippen LogP contribution is 2.20. The van der Waals surface area contributed by atoms with E-state index in [2.05, 4.69) is 10.5 Å². The van der Waals surface area contributed by atoms with Gasteiger partial charge in [0.2, 0.25) is 0 Å². The van der Waals surface area contributed by atoms with Crippen LogP contribution in [0.2, 0.25) is 0 Å². The van der Waals surface area contributed by atoms with Crippen LogP contribution in [-0.4, -0.2) is 35.9 Å². The van der Waals surface area contributed by atoms with Gasteiger partial charge in [-0.2, -0.15) is 0 Å². The first kappa shape index (κ1) is 18.8. The molecule has 3 aromatic rings. The lowest BCUT2D eigenvalue weighted by atomic mass is 10.1. The number of nitrogens with one attached hydrogen (secondary N) is 1. The van der Waals surface area contributed by atoms with Gasteiger partial charge in [-0.05, 0) is 12.5 Å². The quantitative estimate of drug-likeness (QED) is 0.640. The maximum atomic E-state index is 12.4. The minimum absolute atomic E-state index is 0.0833. The van der Waals surface area contributed by atoms with Crippen molar-refractivity contribution < 1.29 is 19.2 Å². The van der Waals surface area contributed by atoms with Gasteiger partial charge in [0.25, 0.3) is 5.91 Å². The first-order chi connectivity index (χ1) is 13.2. The normalized spacial score (nSPS) is 11.9. The lowest BCUT2D eigenvalue weighted by molar-refractivity contribution is 0.0276. The lowest BCUT2D eigenvalue weighted by Gasteiger charge is -2.18. The Balaban J connectivity index is 1.65. The molecule has 6 heteroatoms. The van der Waals surface area contributed by atoms with Gasteiger partial charge in [-0.1, -0.05) is 65.3 Å². The molecule has 0 aliphatic carbocycles. The Morgan fingerprint density at radius 3 is 2.63 bits per heavy atom. The Hall–Kier alpha value is -2.96. The summed E-state index contributed by atoms with van der Waals surface area (Å²) in [7, 11) is 0. The minimum Gasteiger partial charge on any atom is -0.394 e. The van der Waals surface area contributed by atoms with E-state index < -0.39 is 0 Å². The Kier molecular flexibility index (Phi) is 6.35. The van der Waals surface area contributed by atoms with E-state index in [1.54, 1.807) is 6.07 Å². The number of rotatable bonds is 8. The van der Waals surface area contributed by atoms with Crippen LogP contribution in [-0.2, 0) is 4.74 Å². The van der Waals surface area contributed by atoms with Crippen molar-refractivity contribution in [2.75, 3.05) is 19.8 Å². The fourth-order valence-corrected chi connectivity index (χ4v) is 2.65. The maximum absolute atomic E-state index is 12.4. The predicted octanol–water partition coefficient (Wildman–Crippen LogP) is 3.13. The van der Waals surface area contributed by atoms with Gasteiger partial charge in [0, 0.05) is 18.2 Å². The van der Waals surface area contributed by atoms with Crippen molar-refractivity contribution in [2.24, 2.45) is 0 Å². The molecular formula is C21H22N2O4. The molecule has 1 unspecified atom stereocenters. The summed E-state index contributed by atoms with van der Waals surface area (Å²) >= 11 is 0. The third-order valence-electron chi connectivity index (χ3n) is 4.11. The molecule has 0 spiro atoms. The first-order valence-corrected chi connectivity index (χ1v) is 8.76. The molecule has 1 aromatic heterocycles. The molecule has 27 heavy (non-hydrogen) atoms. The summed E-state index contributed by atoms with van der Waals surface area (Å²) in [4.78, 5) is 12.4. The van der Waals surface area contributed by atoms with E-state index in [9.17, 15) is 4.79 Å². The van der Waals surface area contributed by atoms with E-state index in [1.807, 2.05) is 61.5 Å². The zero-order valence-corrected chi connectivity index (χ0v) is 15.1. The number of carbonyl (C=O) groups excluding carboxylic acids is 1. The average molecular weight is 366 g/mol. The molecule has 2 N–H and O–H groups in total. The number of benzene rings is 2. The van der Waals surface area contributed by atoms with Crippen LogP contribution in [0, 0.1) is 6.92 Å². The molecule has 0 aliphatic heterocycles. The van der Waals surface area contributed by atoms with Crippen LogP contribution in [0.15, 0.2) is 65.2 Å². The van der Waals surface area contributed by atoms with Gasteiger partial charge < -0.3 is 19.7 Å². The first-order valence-electron chi connectivity index (χ1n) is 8.76. The second-order valence-corrected chi connectivity index (χ2v) is 6.15. The summed E-state index contributed by atoms with van der Waals surface area (Å²) in [6.07, 6.45) is -0.359. The van der Waals surface area contributed by atoms with Gasteiger partial charge >= 0.3 is 0 Å². The van der Waals surface area contributed by atoms with Crippen LogP contribution < -0.4 is 5.32 Å². The van der Waals surface area contributed by atoms with E-state index in [0.29, 0.717) is 5.76 Å². The molecular weight excluding hydrogens is 344 g/mol. The summed E-state index contributed by atoms with van der Waals surface area (Å²) in [5.41, 5.74) is 3.13. The summed E-state index contributed by atoms with van der Waals surface area (Å²) < 4.78 is 10.9. The zero-order valence-electron chi connectivity index (χ0n) is 15.1. The fourth-order valence-electron chi connectivity index (χ4n) is 2.65. The number of hydrogen-bond acceptors (Lipinski definition) is 5. The van der Waals surface area contributed by atoms with Crippen molar-refractivity contribution in [1.82, 2.24) is 10.5 Å². The van der Waals surface area contributed by atoms with Gasteiger partial charge in [-0.15, -0.1) is 0 Å². The van der Waals surface area contributed by atoms with Gasteiger partial charge in [0.05, 0.1) is 19.3 Å². The van der Waals surface area contributed by atoms with Gasteiger partial charge in [-0.25, -0.2) is 0 Å². The lowest BCUT2D eigenvalue weighted by Crippen LogP contribution is -2.30. The van der Waals surface area contributed by atoms with E-state index >= 15 is 0 Å². The second-order valence-electron chi connectivity index (χ2n) is 6.15. The van der Waals surface area contributed by atoms with Crippen LogP contribution >= 0.6 is 0 Å². The largest absolute Gasteiger partial charge is 0.394 e. The molecule has 0 fully saturated rings. The van der Waals surface area contributed by atoms with Crippen molar-refractivity contribution in [3.63, 3.8) is 0 Å². The van der Waals surface area contributed by atoms with E-state index in [0.717, 1.165) is 16.7 Å². The Labute approximate surface area is 157 Å². The third-order valence-corrected chi connectivity index (χ3v) is 4.11. The summed E-state index contributed by atoms with van der Waals surface area (Å²) in [5.74, 6) is 0.193. The topological polar surface area (TPSA) is 84.6 Å². The van der Waals surface area contributed by atoms with E-state index in [4.69, 9.17) is 14.4 Å². The van der Waals surface area contributed by atoms with Crippen LogP contribution in [0.4, 0.5) is 0 Å². The molecule has 1 atom stereocenters. The van der Waals surface area contributed by atoms with Crippen molar-refractivity contribution in [3.05, 3.63) is 77.5 Å². The molecule has 1 amide bonds. The number of aryl methyl sites for hydroxylation is 1. The van der Waals surface area contributed by atoms with Crippen molar-refractivity contribution in [3.8, 4) is 11.3 Å². The molecule has 0 bridgehead atoms. The summed E-state index contributed by atoms with van der Waals surface area (Å²) in [6, 6.07) is 18.9. The number of nitrogens with zero attached hydrogens (tertiary/aromatic N) is 1. The molecule has 2 aromatic carbocycles. The number of carbonyl (C=O) groups is 1. The van der Waals surface area contributed by atoms with Crippen molar-refractivity contribution >= 4 is 5.91 Å². The Morgan fingerprint density at radius 1 is 1.19 bits per heavy atom. The molecule has 0 radical (unpaired) electrons. The molecule has 6 nitrogen and oxygen atoms in total. The van der Waals surface area contributed by atoms with Crippen LogP contribution in [0.1, 0.15) is 27.7 Å². The number of hydrogen-bond donors (Lipinski definition) is 2. The SMILES string of the molecule is Cc1ccc(C(CNC(=O)c2cc(-c3ccccc3)on2)OCCO)cc1. The van der Waals surface area contributed by atoms with E-state index in [1.165, 1.54) is 0 Å². The predicted molar refractivity (Wildman–Crippen MR) is 101 cm³/mol. The summed E-state index contributed by atoms with van der Waals surface area (Å²) in [5, 5.41) is 15.7. The molecule has 3 rings (SSSR count). The zero-order chi connectivity index (χ0) is 19.1. The Morgan fingerprint density at radius 2 is 1.93 bits per heavy atom. The van der Waals surface area contributed by atoms with Gasteiger partial charge in [0.1, 0.15) is 0 Å². The highest BCUT2D eigenvalue weighted by atomic mass is 16.5. The molecule has 1 heterocycles. The average Bonchev–Trinajstić information content (AvgIpc) is 3.20.